The summed E-state index contributed by atoms with van der Waals surface area (Å²) in [7, 11) is -3.52. The van der Waals surface area contributed by atoms with Crippen LogP contribution in [0.15, 0.2) is 66.7 Å². The minimum absolute atomic E-state index is 0.260. The third-order valence-corrected chi connectivity index (χ3v) is 7.31. The van der Waals surface area contributed by atoms with Gasteiger partial charge in [0.2, 0.25) is 10.0 Å². The maximum Gasteiger partial charge on any atom is 0.255 e. The quantitative estimate of drug-likeness (QED) is 0.534. The van der Waals surface area contributed by atoms with Crippen molar-refractivity contribution >= 4 is 27.3 Å². The van der Waals surface area contributed by atoms with Crippen molar-refractivity contribution in [1.82, 2.24) is 0 Å². The van der Waals surface area contributed by atoms with Gasteiger partial charge < -0.3 is 5.32 Å². The molecule has 5 nitrogen and oxygen atoms in total. The number of rotatable bonds is 5. The lowest BCUT2D eigenvalue weighted by Gasteiger charge is -2.20. The summed E-state index contributed by atoms with van der Waals surface area (Å²) in [6.45, 7) is 9.06. The molecule has 0 bridgehead atoms. The Labute approximate surface area is 184 Å². The van der Waals surface area contributed by atoms with Gasteiger partial charge in [-0.05, 0) is 93.3 Å². The maximum absolute atomic E-state index is 12.6. The Morgan fingerprint density at radius 1 is 0.742 bits per heavy atom. The van der Waals surface area contributed by atoms with Gasteiger partial charge in [0, 0.05) is 16.9 Å². The number of sulfonamides is 1. The van der Waals surface area contributed by atoms with Crippen LogP contribution in [0, 0.1) is 13.8 Å². The summed E-state index contributed by atoms with van der Waals surface area (Å²) in [6.07, 6.45) is 0. The lowest BCUT2D eigenvalue weighted by molar-refractivity contribution is 0.102. The molecule has 0 aromatic heterocycles. The molecule has 0 saturated heterocycles. The highest BCUT2D eigenvalue weighted by atomic mass is 32.2. The fourth-order valence-corrected chi connectivity index (χ4v) is 3.62. The molecule has 0 spiro atoms. The molecule has 0 heterocycles. The smallest absolute Gasteiger partial charge is 0.255 e. The number of hydrogen-bond acceptors (Lipinski definition) is 3. The summed E-state index contributed by atoms with van der Waals surface area (Å²) in [4.78, 5) is 12.6. The number of carbonyl (C=O) groups is 1. The Kier molecular flexibility index (Phi) is 6.23. The van der Waals surface area contributed by atoms with Gasteiger partial charge >= 0.3 is 0 Å². The molecule has 0 aliphatic rings. The van der Waals surface area contributed by atoms with E-state index >= 15 is 0 Å². The van der Waals surface area contributed by atoms with E-state index in [1.54, 1.807) is 45.0 Å². The second-order valence-electron chi connectivity index (χ2n) is 8.63. The lowest BCUT2D eigenvalue weighted by Crippen LogP contribution is -2.33. The van der Waals surface area contributed by atoms with E-state index < -0.39 is 14.8 Å². The molecular weight excluding hydrogens is 408 g/mol. The average molecular weight is 437 g/mol. The predicted molar refractivity (Wildman–Crippen MR) is 128 cm³/mol. The van der Waals surface area contributed by atoms with Gasteiger partial charge in [0.25, 0.3) is 5.91 Å². The highest BCUT2D eigenvalue weighted by Gasteiger charge is 2.28. The van der Waals surface area contributed by atoms with Crippen molar-refractivity contribution in [2.45, 2.75) is 39.4 Å². The molecule has 0 unspecified atom stereocenters. The largest absolute Gasteiger partial charge is 0.322 e. The van der Waals surface area contributed by atoms with E-state index in [4.69, 9.17) is 0 Å². The normalized spacial score (nSPS) is 11.8. The Morgan fingerprint density at radius 3 is 1.84 bits per heavy atom. The molecule has 3 aromatic rings. The van der Waals surface area contributed by atoms with E-state index in [2.05, 4.69) is 42.1 Å². The first-order valence-electron chi connectivity index (χ1n) is 10.1. The molecule has 3 aromatic carbocycles. The summed E-state index contributed by atoms with van der Waals surface area (Å²) < 4.78 is 26.1. The van der Waals surface area contributed by atoms with Crippen molar-refractivity contribution in [3.8, 4) is 11.1 Å². The summed E-state index contributed by atoms with van der Waals surface area (Å²) >= 11 is 0. The van der Waals surface area contributed by atoms with Crippen LogP contribution in [0.1, 0.15) is 42.3 Å². The fraction of sp³-hybridized carbons (Fsp3) is 0.240. The first kappa shape index (κ1) is 22.6. The van der Waals surface area contributed by atoms with E-state index in [0.717, 1.165) is 11.1 Å². The van der Waals surface area contributed by atoms with Gasteiger partial charge in [-0.25, -0.2) is 8.42 Å². The highest BCUT2D eigenvalue weighted by molar-refractivity contribution is 7.94. The first-order chi connectivity index (χ1) is 14.5. The number of hydrogen-bond donors (Lipinski definition) is 2. The summed E-state index contributed by atoms with van der Waals surface area (Å²) in [6, 6.07) is 20.4. The summed E-state index contributed by atoms with van der Waals surface area (Å²) in [5.41, 5.74) is 6.26. The van der Waals surface area contributed by atoms with E-state index in [1.807, 2.05) is 24.3 Å². The molecule has 2 N–H and O–H groups in total. The zero-order chi connectivity index (χ0) is 22.8. The van der Waals surface area contributed by atoms with E-state index in [9.17, 15) is 13.2 Å². The average Bonchev–Trinajstić information content (AvgIpc) is 2.70. The number of anilines is 2. The monoisotopic (exact) mass is 436 g/mol. The minimum Gasteiger partial charge on any atom is -0.322 e. The summed E-state index contributed by atoms with van der Waals surface area (Å²) in [5, 5.41) is 2.87. The van der Waals surface area contributed by atoms with Crippen LogP contribution < -0.4 is 10.0 Å². The molecule has 0 aliphatic heterocycles. The van der Waals surface area contributed by atoms with Gasteiger partial charge in [0.1, 0.15) is 0 Å². The van der Waals surface area contributed by atoms with Crippen molar-refractivity contribution in [2.24, 2.45) is 0 Å². The SMILES string of the molecule is Cc1ccc(-c2ccc(NC(=O)c3ccc(NS(=O)(=O)C(C)(C)C)cc3)cc2)cc1C. The molecule has 3 rings (SSSR count). The van der Waals surface area contributed by atoms with Crippen LogP contribution >= 0.6 is 0 Å². The van der Waals surface area contributed by atoms with Crippen molar-refractivity contribution in [2.75, 3.05) is 10.0 Å². The van der Waals surface area contributed by atoms with Gasteiger partial charge in [0.05, 0.1) is 4.75 Å². The van der Waals surface area contributed by atoms with Crippen LogP contribution in [-0.2, 0) is 10.0 Å². The molecule has 0 atom stereocenters. The van der Waals surface area contributed by atoms with Gasteiger partial charge in [0.15, 0.2) is 0 Å². The van der Waals surface area contributed by atoms with Crippen LogP contribution in [0.5, 0.6) is 0 Å². The van der Waals surface area contributed by atoms with Crippen molar-refractivity contribution < 1.29 is 13.2 Å². The zero-order valence-electron chi connectivity index (χ0n) is 18.5. The highest BCUT2D eigenvalue weighted by Crippen LogP contribution is 2.24. The number of aryl methyl sites for hydroxylation is 2. The molecule has 0 saturated carbocycles. The van der Waals surface area contributed by atoms with Crippen LogP contribution in [0.25, 0.3) is 11.1 Å². The van der Waals surface area contributed by atoms with Gasteiger partial charge in [-0.2, -0.15) is 0 Å². The second-order valence-corrected chi connectivity index (χ2v) is 11.1. The van der Waals surface area contributed by atoms with Gasteiger partial charge in [-0.1, -0.05) is 30.3 Å². The molecule has 31 heavy (non-hydrogen) atoms. The molecule has 162 valence electrons. The van der Waals surface area contributed by atoms with E-state index in [0.29, 0.717) is 16.9 Å². The Bertz CT molecular complexity index is 1190. The van der Waals surface area contributed by atoms with Gasteiger partial charge in [-0.15, -0.1) is 0 Å². The third-order valence-electron chi connectivity index (χ3n) is 5.19. The first-order valence-corrected chi connectivity index (χ1v) is 11.6. The lowest BCUT2D eigenvalue weighted by atomic mass is 10.0. The minimum atomic E-state index is -3.52. The summed E-state index contributed by atoms with van der Waals surface area (Å²) in [5.74, 6) is -0.260. The Hall–Kier alpha value is -3.12. The third kappa shape index (κ3) is 5.33. The zero-order valence-corrected chi connectivity index (χ0v) is 19.3. The number of benzene rings is 3. The Morgan fingerprint density at radius 2 is 1.29 bits per heavy atom. The predicted octanol–water partition coefficient (Wildman–Crippen LogP) is 5.76. The standard InChI is InChI=1S/C25H28N2O3S/c1-17-6-7-21(16-18(17)2)19-8-12-22(13-9-19)26-24(28)20-10-14-23(15-11-20)27-31(29,30)25(3,4)5/h6-16,27H,1-5H3,(H,26,28). The molecule has 1 amide bonds. The maximum atomic E-state index is 12.6. The number of nitrogens with one attached hydrogen (secondary N) is 2. The molecule has 0 radical (unpaired) electrons. The van der Waals surface area contributed by atoms with Crippen LogP contribution in [0.2, 0.25) is 0 Å². The van der Waals surface area contributed by atoms with Crippen molar-refractivity contribution in [3.05, 3.63) is 83.4 Å². The molecule has 0 aliphatic carbocycles. The van der Waals surface area contributed by atoms with Gasteiger partial charge in [-0.3, -0.25) is 9.52 Å². The number of carbonyl (C=O) groups excluding carboxylic acids is 1. The molecular formula is C25H28N2O3S. The fourth-order valence-electron chi connectivity index (χ4n) is 2.87. The topological polar surface area (TPSA) is 75.3 Å². The second kappa shape index (κ2) is 8.55. The van der Waals surface area contributed by atoms with Crippen molar-refractivity contribution in [1.29, 1.82) is 0 Å². The Balaban J connectivity index is 1.68. The van der Waals surface area contributed by atoms with Crippen LogP contribution in [0.3, 0.4) is 0 Å². The van der Waals surface area contributed by atoms with E-state index in [1.165, 1.54) is 11.1 Å². The molecule has 0 fully saturated rings. The van der Waals surface area contributed by atoms with Crippen molar-refractivity contribution in [3.63, 3.8) is 0 Å². The van der Waals surface area contributed by atoms with E-state index in [-0.39, 0.29) is 5.91 Å². The van der Waals surface area contributed by atoms with Crippen LogP contribution in [0.4, 0.5) is 11.4 Å². The number of amides is 1. The molecule has 6 heteroatoms. The van der Waals surface area contributed by atoms with Crippen LogP contribution in [-0.4, -0.2) is 19.1 Å².